The van der Waals surface area contributed by atoms with E-state index < -0.39 is 18.1 Å². The first kappa shape index (κ1) is 21.5. The number of hydrogen-bond acceptors (Lipinski definition) is 5. The molecule has 3 aromatic rings. The van der Waals surface area contributed by atoms with Crippen LogP contribution in [0.5, 0.6) is 0 Å². The lowest BCUT2D eigenvalue weighted by Crippen LogP contribution is -2.09. The van der Waals surface area contributed by atoms with E-state index in [9.17, 15) is 16.8 Å². The predicted molar refractivity (Wildman–Crippen MR) is 111 cm³/mol. The average Bonchev–Trinajstić information content (AvgIpc) is 2.60. The number of halogens is 2. The molecule has 0 heterocycles. The number of hydrogen-bond donors (Lipinski definition) is 0. The highest BCUT2D eigenvalue weighted by atomic mass is 35.7. The molecule has 0 spiro atoms. The molecular weight excluding hydrogens is 429 g/mol. The summed E-state index contributed by atoms with van der Waals surface area (Å²) in [4.78, 5) is 2.23. The van der Waals surface area contributed by atoms with Gasteiger partial charge in [0.1, 0.15) is 0 Å². The van der Waals surface area contributed by atoms with Crippen LogP contribution in [0.3, 0.4) is 0 Å². The molecule has 0 N–H and O–H groups in total. The summed E-state index contributed by atoms with van der Waals surface area (Å²) in [6.45, 7) is 0. The number of benzene rings is 3. The third-order valence-corrected chi connectivity index (χ3v) is 6.38. The summed E-state index contributed by atoms with van der Waals surface area (Å²) in [5.41, 5.74) is 0.963. The van der Waals surface area contributed by atoms with Gasteiger partial charge in [0, 0.05) is 51.9 Å². The fraction of sp³-hybridized carbons (Fsp3) is 0.111. The summed E-state index contributed by atoms with van der Waals surface area (Å²) in [5, 5.41) is 1.52. The second kappa shape index (κ2) is 8.48. The maximum absolute atomic E-state index is 11.5. The van der Waals surface area contributed by atoms with Crippen molar-refractivity contribution >= 4 is 55.9 Å². The average molecular weight is 446 g/mol. The molecule has 3 aromatic carbocycles. The molecule has 0 aliphatic rings. The summed E-state index contributed by atoms with van der Waals surface area (Å²) in [6, 6.07) is 18.5. The van der Waals surface area contributed by atoms with E-state index in [2.05, 4.69) is 0 Å². The SMILES string of the molecule is CN(C)c1cccc2c(S(=O)(=O)Cl)cccc12.O=S(=O)(Cl)c1ccccc1. The van der Waals surface area contributed by atoms with Crippen molar-refractivity contribution in [2.24, 2.45) is 0 Å². The van der Waals surface area contributed by atoms with Gasteiger partial charge < -0.3 is 4.90 Å². The zero-order valence-corrected chi connectivity index (χ0v) is 17.6. The first-order valence-electron chi connectivity index (χ1n) is 7.65. The van der Waals surface area contributed by atoms with Crippen LogP contribution in [0.1, 0.15) is 0 Å². The molecule has 0 aromatic heterocycles. The van der Waals surface area contributed by atoms with Crippen molar-refractivity contribution in [1.29, 1.82) is 0 Å². The summed E-state index contributed by atoms with van der Waals surface area (Å²) < 4.78 is 44.2. The molecule has 0 aliphatic heterocycles. The van der Waals surface area contributed by atoms with E-state index in [1.165, 1.54) is 18.2 Å². The molecule has 27 heavy (non-hydrogen) atoms. The Labute approximate surface area is 168 Å². The van der Waals surface area contributed by atoms with E-state index in [1.54, 1.807) is 30.3 Å². The largest absolute Gasteiger partial charge is 0.377 e. The van der Waals surface area contributed by atoms with Gasteiger partial charge in [-0.2, -0.15) is 0 Å². The van der Waals surface area contributed by atoms with Gasteiger partial charge in [-0.1, -0.05) is 42.5 Å². The minimum absolute atomic E-state index is 0.136. The van der Waals surface area contributed by atoms with Gasteiger partial charge in [0.25, 0.3) is 18.1 Å². The number of anilines is 1. The molecule has 0 radical (unpaired) electrons. The summed E-state index contributed by atoms with van der Waals surface area (Å²) >= 11 is 0. The molecule has 0 saturated heterocycles. The highest BCUT2D eigenvalue weighted by Crippen LogP contribution is 2.31. The Morgan fingerprint density at radius 2 is 1.22 bits per heavy atom. The Hall–Kier alpha value is -1.80. The van der Waals surface area contributed by atoms with Gasteiger partial charge >= 0.3 is 0 Å². The maximum Gasteiger partial charge on any atom is 0.261 e. The first-order valence-corrected chi connectivity index (χ1v) is 12.3. The zero-order valence-electron chi connectivity index (χ0n) is 14.5. The summed E-state index contributed by atoms with van der Waals surface area (Å²) in [7, 11) is 7.04. The second-order valence-electron chi connectivity index (χ2n) is 5.71. The van der Waals surface area contributed by atoms with Crippen molar-refractivity contribution < 1.29 is 16.8 Å². The minimum Gasteiger partial charge on any atom is -0.377 e. The van der Waals surface area contributed by atoms with E-state index in [4.69, 9.17) is 21.4 Å². The lowest BCUT2D eigenvalue weighted by molar-refractivity contribution is 0.608. The molecule has 9 heteroatoms. The van der Waals surface area contributed by atoms with E-state index in [0.717, 1.165) is 11.1 Å². The monoisotopic (exact) mass is 445 g/mol. The lowest BCUT2D eigenvalue weighted by Gasteiger charge is -2.16. The quantitative estimate of drug-likeness (QED) is 0.556. The number of nitrogens with zero attached hydrogens (tertiary/aromatic N) is 1. The highest BCUT2D eigenvalue weighted by molar-refractivity contribution is 8.14. The van der Waals surface area contributed by atoms with Crippen LogP contribution in [0.15, 0.2) is 76.5 Å². The third-order valence-electron chi connectivity index (χ3n) is 3.63. The smallest absolute Gasteiger partial charge is 0.261 e. The molecule has 0 aliphatic carbocycles. The number of fused-ring (bicyclic) bond motifs is 1. The van der Waals surface area contributed by atoms with Crippen molar-refractivity contribution in [2.75, 3.05) is 19.0 Å². The molecule has 0 saturated carbocycles. The molecule has 5 nitrogen and oxygen atoms in total. The molecule has 0 fully saturated rings. The minimum atomic E-state index is -3.72. The molecule has 144 valence electrons. The van der Waals surface area contributed by atoms with Crippen LogP contribution in [-0.4, -0.2) is 30.9 Å². The molecule has 0 atom stereocenters. The van der Waals surface area contributed by atoms with Gasteiger partial charge in [-0.05, 0) is 24.3 Å². The Morgan fingerprint density at radius 1 is 0.667 bits per heavy atom. The van der Waals surface area contributed by atoms with Crippen molar-refractivity contribution in [2.45, 2.75) is 9.79 Å². The first-order chi connectivity index (χ1) is 12.5. The van der Waals surface area contributed by atoms with Crippen LogP contribution >= 0.6 is 21.4 Å². The van der Waals surface area contributed by atoms with Crippen molar-refractivity contribution in [3.8, 4) is 0 Å². The normalized spacial score (nSPS) is 11.6. The van der Waals surface area contributed by atoms with Gasteiger partial charge in [0.15, 0.2) is 0 Å². The van der Waals surface area contributed by atoms with E-state index in [1.807, 2.05) is 37.2 Å². The molecule has 3 rings (SSSR count). The van der Waals surface area contributed by atoms with Gasteiger partial charge in [0.2, 0.25) is 0 Å². The van der Waals surface area contributed by atoms with Crippen LogP contribution in [0.25, 0.3) is 10.8 Å². The maximum atomic E-state index is 11.5. The van der Waals surface area contributed by atoms with Crippen LogP contribution in [0.4, 0.5) is 5.69 Å². The molecule has 0 unspecified atom stereocenters. The summed E-state index contributed by atoms with van der Waals surface area (Å²) in [6.07, 6.45) is 0. The van der Waals surface area contributed by atoms with Crippen LogP contribution in [-0.2, 0) is 18.1 Å². The Bertz CT molecular complexity index is 1150. The van der Waals surface area contributed by atoms with Crippen LogP contribution in [0, 0.1) is 0 Å². The Balaban J connectivity index is 0.000000223. The molecule has 0 amide bonds. The van der Waals surface area contributed by atoms with Gasteiger partial charge in [-0.15, -0.1) is 0 Å². The van der Waals surface area contributed by atoms with Crippen molar-refractivity contribution in [3.63, 3.8) is 0 Å². The third kappa shape index (κ3) is 5.59. The highest BCUT2D eigenvalue weighted by Gasteiger charge is 2.15. The lowest BCUT2D eigenvalue weighted by atomic mass is 10.1. The standard InChI is InChI=1S/C12H12ClNO2S.C6H5ClO2S/c1-14(2)11-7-3-6-10-9(11)5-4-8-12(10)17(13,15)16;7-10(8,9)6-4-2-1-3-5-6/h3-8H,1-2H3;1-5H. The zero-order chi connectivity index (χ0) is 20.2. The van der Waals surface area contributed by atoms with Gasteiger partial charge in [-0.25, -0.2) is 16.8 Å². The Morgan fingerprint density at radius 3 is 1.70 bits per heavy atom. The fourth-order valence-corrected chi connectivity index (χ4v) is 4.33. The van der Waals surface area contributed by atoms with Crippen molar-refractivity contribution in [3.05, 3.63) is 66.7 Å². The van der Waals surface area contributed by atoms with E-state index >= 15 is 0 Å². The van der Waals surface area contributed by atoms with Crippen LogP contribution in [0.2, 0.25) is 0 Å². The molecular formula is C18H17Cl2NO4S2. The van der Waals surface area contributed by atoms with Crippen molar-refractivity contribution in [1.82, 2.24) is 0 Å². The second-order valence-corrected chi connectivity index (χ2v) is 10.8. The van der Waals surface area contributed by atoms with E-state index in [0.29, 0.717) is 5.39 Å². The Kier molecular flexibility index (Phi) is 6.75. The summed E-state index contributed by atoms with van der Waals surface area (Å²) in [5.74, 6) is 0. The van der Waals surface area contributed by atoms with Gasteiger partial charge in [0.05, 0.1) is 9.79 Å². The predicted octanol–water partition coefficient (Wildman–Crippen LogP) is 4.45. The van der Waals surface area contributed by atoms with Crippen LogP contribution < -0.4 is 4.90 Å². The van der Waals surface area contributed by atoms with E-state index in [-0.39, 0.29) is 9.79 Å². The molecule has 0 bridgehead atoms. The number of rotatable bonds is 3. The fourth-order valence-electron chi connectivity index (χ4n) is 2.45. The topological polar surface area (TPSA) is 71.5 Å². The van der Waals surface area contributed by atoms with Gasteiger partial charge in [-0.3, -0.25) is 0 Å².